The predicted molar refractivity (Wildman–Crippen MR) is 335 cm³/mol. The molecule has 3 heterocycles. The van der Waals surface area contributed by atoms with Crippen LogP contribution in [0.15, 0.2) is 173 Å². The third-order valence-electron chi connectivity index (χ3n) is 17.2. The Bertz CT molecular complexity index is 2900. The van der Waals surface area contributed by atoms with Gasteiger partial charge in [-0.05, 0) is 126 Å². The number of aliphatic hydroxyl groups excluding tert-OH is 1. The molecule has 12 atom stereocenters. The summed E-state index contributed by atoms with van der Waals surface area (Å²) in [6, 6.07) is 51.8. The zero-order valence-electron chi connectivity index (χ0n) is 49.0. The fourth-order valence-corrected chi connectivity index (χ4v) is 13.2. The van der Waals surface area contributed by atoms with Crippen molar-refractivity contribution < 1.29 is 47.4 Å². The molecule has 1 N–H and O–H groups in total. The summed E-state index contributed by atoms with van der Waals surface area (Å²) < 4.78 is 65.9. The van der Waals surface area contributed by atoms with Crippen molar-refractivity contribution in [1.29, 1.82) is 0 Å². The first-order valence-corrected chi connectivity index (χ1v) is 34.0. The lowest BCUT2D eigenvalue weighted by Gasteiger charge is -2.52. The summed E-state index contributed by atoms with van der Waals surface area (Å²) >= 11 is 7.17. The number of aliphatic hydroxyl groups is 1. The van der Waals surface area contributed by atoms with Gasteiger partial charge in [-0.1, -0.05) is 193 Å². The van der Waals surface area contributed by atoms with Crippen LogP contribution in [0.25, 0.3) is 10.8 Å². The Hall–Kier alpha value is -3.90. The highest BCUT2D eigenvalue weighted by Crippen LogP contribution is 2.44. The molecule has 0 saturated carbocycles. The van der Waals surface area contributed by atoms with Gasteiger partial charge in [-0.15, -0.1) is 0 Å². The molecule has 0 aromatic heterocycles. The van der Waals surface area contributed by atoms with Gasteiger partial charge in [-0.3, -0.25) is 0 Å². The molecule has 3 aliphatic rings. The quantitative estimate of drug-likeness (QED) is 0.0522. The normalized spacial score (nSPS) is 27.3. The fourth-order valence-electron chi connectivity index (χ4n) is 11.3. The van der Waals surface area contributed by atoms with Gasteiger partial charge in [0.05, 0.1) is 95.1 Å². The van der Waals surface area contributed by atoms with Crippen molar-refractivity contribution in [3.63, 3.8) is 0 Å². The lowest BCUT2D eigenvalue weighted by molar-refractivity contribution is -0.295. The summed E-state index contributed by atoms with van der Waals surface area (Å²) in [5.74, 6) is 0.174. The van der Waals surface area contributed by atoms with Crippen molar-refractivity contribution in [1.82, 2.24) is 0 Å². The maximum atomic E-state index is 13.4. The van der Waals surface area contributed by atoms with Crippen LogP contribution in [0.3, 0.4) is 0 Å². The second-order valence-corrected chi connectivity index (χ2v) is 31.2. The zero-order chi connectivity index (χ0) is 57.7. The maximum absolute atomic E-state index is 13.4. The van der Waals surface area contributed by atoms with Gasteiger partial charge in [0.1, 0.15) is 17.8 Å². The van der Waals surface area contributed by atoms with Gasteiger partial charge in [0.2, 0.25) is 0 Å². The number of benzene rings is 6. The van der Waals surface area contributed by atoms with Crippen LogP contribution in [0.5, 0.6) is 0 Å². The van der Waals surface area contributed by atoms with Gasteiger partial charge in [-0.2, -0.15) is 0 Å². The second-order valence-electron chi connectivity index (χ2n) is 24.6. The Balaban J connectivity index is 1.04. The average molecular weight is 1260 g/mol. The van der Waals surface area contributed by atoms with E-state index in [9.17, 15) is 5.11 Å². The summed E-state index contributed by atoms with van der Waals surface area (Å²) in [4.78, 5) is 0. The first-order valence-electron chi connectivity index (χ1n) is 29.5. The van der Waals surface area contributed by atoms with Crippen LogP contribution in [0.1, 0.15) is 101 Å². The highest BCUT2D eigenvalue weighted by atomic mass is 79.9. The van der Waals surface area contributed by atoms with E-state index in [4.69, 9.17) is 42.3 Å². The molecule has 2 saturated heterocycles. The van der Waals surface area contributed by atoms with E-state index in [0.717, 1.165) is 54.0 Å². The van der Waals surface area contributed by atoms with Crippen molar-refractivity contribution in [2.45, 2.75) is 191 Å². The SMILES string of the molecule is C[C@@H]1C[C@H](OCc2ccc(Br)cc2)[C@@H](COCc2ccc(Br)cc2)O[C@H]2C[C@H](OCc3ccc4ccccc4c3)[C@](C)([C@H](O)C[C@H]3O[C@@H](COCc4ccccc4)[C@H](OCc4ccccc4)C/C=C\C[C@@H]3O[Si](C)(C)C(C)(C)C)O[C@@H]2C1. The Morgan fingerprint density at radius 3 is 1.70 bits per heavy atom. The molecule has 10 nitrogen and oxygen atoms in total. The average Bonchev–Trinajstić information content (AvgIpc) is 3.06. The highest BCUT2D eigenvalue weighted by molar-refractivity contribution is 9.10. The minimum atomic E-state index is -2.42. The number of hydrogen-bond acceptors (Lipinski definition) is 10. The third-order valence-corrected chi connectivity index (χ3v) is 22.8. The van der Waals surface area contributed by atoms with Crippen LogP contribution < -0.4 is 0 Å². The molecule has 82 heavy (non-hydrogen) atoms. The summed E-state index contributed by atoms with van der Waals surface area (Å²) in [5.41, 5.74) is 4.11. The van der Waals surface area contributed by atoms with Crippen LogP contribution in [-0.2, 0) is 75.4 Å². The van der Waals surface area contributed by atoms with Crippen LogP contribution in [0.2, 0.25) is 18.1 Å². The lowest BCUT2D eigenvalue weighted by Crippen LogP contribution is -2.64. The van der Waals surface area contributed by atoms with Gasteiger partial charge in [0.25, 0.3) is 0 Å². The van der Waals surface area contributed by atoms with E-state index in [1.54, 1.807) is 0 Å². The van der Waals surface area contributed by atoms with E-state index in [1.165, 1.54) is 0 Å². The van der Waals surface area contributed by atoms with E-state index < -0.39 is 56.6 Å². The first-order chi connectivity index (χ1) is 39.5. The molecule has 0 bridgehead atoms. The molecule has 6 aromatic carbocycles. The molecule has 0 unspecified atom stereocenters. The van der Waals surface area contributed by atoms with Crippen molar-refractivity contribution in [2.24, 2.45) is 5.92 Å². The molecular formula is C69H86Br2O10Si. The minimum Gasteiger partial charge on any atom is -0.411 e. The van der Waals surface area contributed by atoms with Gasteiger partial charge in [0.15, 0.2) is 8.32 Å². The summed E-state index contributed by atoms with van der Waals surface area (Å²) in [5, 5.41) is 15.7. The van der Waals surface area contributed by atoms with Crippen LogP contribution in [-0.4, -0.2) is 93.3 Å². The number of rotatable bonds is 22. The van der Waals surface area contributed by atoms with Crippen molar-refractivity contribution in [3.05, 3.63) is 201 Å². The smallest absolute Gasteiger partial charge is 0.192 e. The molecule has 13 heteroatoms. The van der Waals surface area contributed by atoms with Crippen molar-refractivity contribution >= 4 is 50.9 Å². The summed E-state index contributed by atoms with van der Waals surface area (Å²) in [7, 11) is -2.42. The summed E-state index contributed by atoms with van der Waals surface area (Å²) in [6.07, 6.45) is 2.70. The van der Waals surface area contributed by atoms with Gasteiger partial charge in [0, 0.05) is 21.8 Å². The second kappa shape index (κ2) is 29.5. The first kappa shape index (κ1) is 62.6. The third kappa shape index (κ3) is 17.4. The Morgan fingerprint density at radius 1 is 0.561 bits per heavy atom. The number of ether oxygens (including phenoxy) is 8. The van der Waals surface area contributed by atoms with E-state index >= 15 is 0 Å². The fraction of sp³-hybridized carbons (Fsp3) is 0.478. The number of fused-ring (bicyclic) bond motifs is 2. The van der Waals surface area contributed by atoms with Crippen molar-refractivity contribution in [2.75, 3.05) is 13.2 Å². The Morgan fingerprint density at radius 2 is 1.07 bits per heavy atom. The molecule has 2 fully saturated rings. The van der Waals surface area contributed by atoms with E-state index in [1.807, 2.05) is 67.6 Å². The molecule has 9 rings (SSSR count). The van der Waals surface area contributed by atoms with Crippen LogP contribution in [0, 0.1) is 5.92 Å². The number of hydrogen-bond donors (Lipinski definition) is 1. The van der Waals surface area contributed by atoms with Crippen molar-refractivity contribution in [3.8, 4) is 0 Å². The lowest BCUT2D eigenvalue weighted by atomic mass is 9.79. The topological polar surface area (TPSA) is 103 Å². The van der Waals surface area contributed by atoms with Crippen LogP contribution in [0.4, 0.5) is 0 Å². The zero-order valence-corrected chi connectivity index (χ0v) is 53.2. The Kier molecular flexibility index (Phi) is 22.5. The molecule has 440 valence electrons. The van der Waals surface area contributed by atoms with E-state index in [0.29, 0.717) is 65.3 Å². The molecule has 0 radical (unpaired) electrons. The molecule has 6 aromatic rings. The molecule has 0 amide bonds. The predicted octanol–water partition coefficient (Wildman–Crippen LogP) is 15.8. The monoisotopic (exact) mass is 1260 g/mol. The maximum Gasteiger partial charge on any atom is 0.192 e. The van der Waals surface area contributed by atoms with Gasteiger partial charge in [-0.25, -0.2) is 0 Å². The standard InChI is InChI=1S/C69H86Br2O10Si/c1-48-36-60(76-44-52-29-34-57(71)35-30-52)65(47-74-42-51-27-32-56(70)33-28-51)79-62-40-67(77-45-53-26-31-54-22-14-15-23-55(54)38-53)69(5,80-63(62)37-48)66(72)39-61-59(81-82(6,7)68(2,3)4)25-17-16-24-58(75-43-50-20-12-9-13-21-50)64(78-61)46-73-41-49-18-10-8-11-19-49/h8-23,26-35,38,48,58-67,72H,24-25,36-37,39-47H2,1-7H3/b17-16-/t48-,58-,59+,60+,61-,62+,63-,64+,65-,66-,67+,69+/m1/s1. The van der Waals surface area contributed by atoms with Crippen LogP contribution >= 0.6 is 31.9 Å². The highest BCUT2D eigenvalue weighted by Gasteiger charge is 2.54. The Labute approximate surface area is 505 Å². The summed E-state index contributed by atoms with van der Waals surface area (Å²) in [6.45, 7) is 18.3. The largest absolute Gasteiger partial charge is 0.411 e. The molecule has 3 aliphatic heterocycles. The minimum absolute atomic E-state index is 0.0905. The van der Waals surface area contributed by atoms with Gasteiger partial charge < -0.3 is 47.4 Å². The number of halogens is 2. The molecule has 0 aliphatic carbocycles. The van der Waals surface area contributed by atoms with Gasteiger partial charge >= 0.3 is 0 Å². The van der Waals surface area contributed by atoms with E-state index in [2.05, 4.69) is 176 Å². The molecular weight excluding hydrogens is 1180 g/mol. The molecule has 0 spiro atoms. The van der Waals surface area contributed by atoms with E-state index in [-0.39, 0.29) is 42.3 Å².